The summed E-state index contributed by atoms with van der Waals surface area (Å²) in [6, 6.07) is 9.04. The maximum atomic E-state index is 4.55. The van der Waals surface area contributed by atoms with Crippen molar-refractivity contribution >= 4 is 11.3 Å². The first-order chi connectivity index (χ1) is 8.56. The van der Waals surface area contributed by atoms with E-state index in [1.54, 1.807) is 11.3 Å². The zero-order valence-electron chi connectivity index (χ0n) is 11.4. The van der Waals surface area contributed by atoms with E-state index in [-0.39, 0.29) is 0 Å². The molecule has 0 saturated carbocycles. The SMILES string of the molecule is Cc1ccc([C@@H](C)NCc2nc(C)c(C)s2)cc1. The fourth-order valence-electron chi connectivity index (χ4n) is 1.83. The van der Waals surface area contributed by atoms with Crippen LogP contribution in [-0.2, 0) is 6.54 Å². The highest BCUT2D eigenvalue weighted by molar-refractivity contribution is 7.11. The maximum absolute atomic E-state index is 4.55. The van der Waals surface area contributed by atoms with Gasteiger partial charge in [-0.05, 0) is 33.3 Å². The molecule has 2 rings (SSSR count). The number of aromatic nitrogens is 1. The van der Waals surface area contributed by atoms with Crippen molar-refractivity contribution in [2.45, 2.75) is 40.3 Å². The van der Waals surface area contributed by atoms with Gasteiger partial charge in [0.05, 0.1) is 5.69 Å². The first kappa shape index (κ1) is 13.2. The Bertz CT molecular complexity index is 494. The van der Waals surface area contributed by atoms with Gasteiger partial charge in [-0.15, -0.1) is 11.3 Å². The Labute approximate surface area is 113 Å². The van der Waals surface area contributed by atoms with Crippen LogP contribution in [0.2, 0.25) is 0 Å². The fourth-order valence-corrected chi connectivity index (χ4v) is 2.71. The second-order valence-corrected chi connectivity index (χ2v) is 6.05. The molecule has 0 fully saturated rings. The molecule has 1 N–H and O–H groups in total. The molecule has 0 aliphatic carbocycles. The van der Waals surface area contributed by atoms with Crippen molar-refractivity contribution in [1.82, 2.24) is 10.3 Å². The molecule has 1 aromatic carbocycles. The van der Waals surface area contributed by atoms with Crippen LogP contribution in [0.15, 0.2) is 24.3 Å². The summed E-state index contributed by atoms with van der Waals surface area (Å²) >= 11 is 1.78. The van der Waals surface area contributed by atoms with Gasteiger partial charge in [-0.1, -0.05) is 29.8 Å². The van der Waals surface area contributed by atoms with E-state index in [1.807, 2.05) is 0 Å². The Morgan fingerprint density at radius 1 is 1.17 bits per heavy atom. The summed E-state index contributed by atoms with van der Waals surface area (Å²) in [4.78, 5) is 5.86. The standard InChI is InChI=1S/C15H20N2S/c1-10-5-7-14(8-6-10)12(3)16-9-15-17-11(2)13(4)18-15/h5-8,12,16H,9H2,1-4H3/t12-/m1/s1. The molecule has 0 aliphatic rings. The van der Waals surface area contributed by atoms with Gasteiger partial charge < -0.3 is 5.32 Å². The predicted molar refractivity (Wildman–Crippen MR) is 78.0 cm³/mol. The van der Waals surface area contributed by atoms with Crippen molar-refractivity contribution < 1.29 is 0 Å². The van der Waals surface area contributed by atoms with Gasteiger partial charge >= 0.3 is 0 Å². The lowest BCUT2D eigenvalue weighted by molar-refractivity contribution is 0.573. The fraction of sp³-hybridized carbons (Fsp3) is 0.400. The Balaban J connectivity index is 1.95. The number of hydrogen-bond donors (Lipinski definition) is 1. The van der Waals surface area contributed by atoms with Gasteiger partial charge in [0.2, 0.25) is 0 Å². The van der Waals surface area contributed by atoms with Crippen LogP contribution < -0.4 is 5.32 Å². The van der Waals surface area contributed by atoms with Crippen LogP contribution in [0.1, 0.15) is 39.7 Å². The third-order valence-corrected chi connectivity index (χ3v) is 4.28. The van der Waals surface area contributed by atoms with Crippen LogP contribution in [0, 0.1) is 20.8 Å². The minimum Gasteiger partial charge on any atom is -0.304 e. The van der Waals surface area contributed by atoms with Gasteiger partial charge in [0, 0.05) is 17.5 Å². The molecule has 2 aromatic rings. The van der Waals surface area contributed by atoms with E-state index >= 15 is 0 Å². The quantitative estimate of drug-likeness (QED) is 0.901. The highest BCUT2D eigenvalue weighted by Gasteiger charge is 2.07. The molecule has 0 radical (unpaired) electrons. The molecule has 0 aliphatic heterocycles. The lowest BCUT2D eigenvalue weighted by atomic mass is 10.1. The number of nitrogens with one attached hydrogen (secondary N) is 1. The van der Waals surface area contributed by atoms with Crippen LogP contribution in [-0.4, -0.2) is 4.98 Å². The van der Waals surface area contributed by atoms with Gasteiger partial charge in [0.15, 0.2) is 0 Å². The number of thiazole rings is 1. The zero-order valence-corrected chi connectivity index (χ0v) is 12.3. The second kappa shape index (κ2) is 5.63. The summed E-state index contributed by atoms with van der Waals surface area (Å²) in [6.07, 6.45) is 0. The third kappa shape index (κ3) is 3.18. The van der Waals surface area contributed by atoms with Crippen molar-refractivity contribution in [3.8, 4) is 0 Å². The van der Waals surface area contributed by atoms with Crippen molar-refractivity contribution in [2.24, 2.45) is 0 Å². The molecule has 0 amide bonds. The first-order valence-electron chi connectivity index (χ1n) is 6.29. The molecule has 0 bridgehead atoms. The molecular formula is C15H20N2S. The Morgan fingerprint density at radius 3 is 2.39 bits per heavy atom. The Hall–Kier alpha value is -1.19. The predicted octanol–water partition coefficient (Wildman–Crippen LogP) is 3.92. The normalized spacial score (nSPS) is 12.7. The van der Waals surface area contributed by atoms with Gasteiger partial charge in [-0.2, -0.15) is 0 Å². The number of hydrogen-bond acceptors (Lipinski definition) is 3. The van der Waals surface area contributed by atoms with E-state index in [0.29, 0.717) is 6.04 Å². The zero-order chi connectivity index (χ0) is 13.1. The number of rotatable bonds is 4. The number of aryl methyl sites for hydroxylation is 3. The number of benzene rings is 1. The summed E-state index contributed by atoms with van der Waals surface area (Å²) in [5.74, 6) is 0. The van der Waals surface area contributed by atoms with Crippen LogP contribution in [0.25, 0.3) is 0 Å². The van der Waals surface area contributed by atoms with E-state index in [4.69, 9.17) is 0 Å². The first-order valence-corrected chi connectivity index (χ1v) is 7.11. The van der Waals surface area contributed by atoms with Gasteiger partial charge in [0.25, 0.3) is 0 Å². The van der Waals surface area contributed by atoms with Crippen LogP contribution >= 0.6 is 11.3 Å². The van der Waals surface area contributed by atoms with Crippen molar-refractivity contribution in [3.05, 3.63) is 51.0 Å². The topological polar surface area (TPSA) is 24.9 Å². The number of nitrogens with zero attached hydrogens (tertiary/aromatic N) is 1. The van der Waals surface area contributed by atoms with E-state index in [1.165, 1.54) is 21.0 Å². The van der Waals surface area contributed by atoms with E-state index in [9.17, 15) is 0 Å². The van der Waals surface area contributed by atoms with E-state index < -0.39 is 0 Å². The average molecular weight is 260 g/mol. The molecule has 2 nitrogen and oxygen atoms in total. The molecule has 1 atom stereocenters. The van der Waals surface area contributed by atoms with Crippen LogP contribution in [0.5, 0.6) is 0 Å². The van der Waals surface area contributed by atoms with E-state index in [2.05, 4.69) is 62.3 Å². The van der Waals surface area contributed by atoms with Gasteiger partial charge in [-0.3, -0.25) is 0 Å². The molecule has 0 unspecified atom stereocenters. The molecule has 96 valence electrons. The van der Waals surface area contributed by atoms with Gasteiger partial charge in [-0.25, -0.2) is 4.98 Å². The summed E-state index contributed by atoms with van der Waals surface area (Å²) in [5, 5.41) is 4.69. The smallest absolute Gasteiger partial charge is 0.107 e. The lowest BCUT2D eigenvalue weighted by Gasteiger charge is -2.13. The molecule has 1 aromatic heterocycles. The molecule has 1 heterocycles. The van der Waals surface area contributed by atoms with Crippen molar-refractivity contribution in [2.75, 3.05) is 0 Å². The average Bonchev–Trinajstić information content (AvgIpc) is 2.67. The minimum atomic E-state index is 0.357. The summed E-state index contributed by atoms with van der Waals surface area (Å²) in [5.41, 5.74) is 3.78. The Kier molecular flexibility index (Phi) is 4.15. The lowest BCUT2D eigenvalue weighted by Crippen LogP contribution is -2.17. The highest BCUT2D eigenvalue weighted by atomic mass is 32.1. The van der Waals surface area contributed by atoms with Gasteiger partial charge in [0.1, 0.15) is 5.01 Å². The maximum Gasteiger partial charge on any atom is 0.107 e. The van der Waals surface area contributed by atoms with Crippen LogP contribution in [0.4, 0.5) is 0 Å². The summed E-state index contributed by atoms with van der Waals surface area (Å²) in [6.45, 7) is 9.34. The molecule has 0 saturated heterocycles. The summed E-state index contributed by atoms with van der Waals surface area (Å²) < 4.78 is 0. The van der Waals surface area contributed by atoms with E-state index in [0.717, 1.165) is 12.2 Å². The Morgan fingerprint density at radius 2 is 1.83 bits per heavy atom. The van der Waals surface area contributed by atoms with Crippen molar-refractivity contribution in [3.63, 3.8) is 0 Å². The largest absolute Gasteiger partial charge is 0.304 e. The van der Waals surface area contributed by atoms with Crippen molar-refractivity contribution in [1.29, 1.82) is 0 Å². The third-order valence-electron chi connectivity index (χ3n) is 3.21. The summed E-state index contributed by atoms with van der Waals surface area (Å²) in [7, 11) is 0. The van der Waals surface area contributed by atoms with Crippen LogP contribution in [0.3, 0.4) is 0 Å². The highest BCUT2D eigenvalue weighted by Crippen LogP contribution is 2.18. The minimum absolute atomic E-state index is 0.357. The molecule has 18 heavy (non-hydrogen) atoms. The molecule has 0 spiro atoms. The molecule has 3 heteroatoms. The molecular weight excluding hydrogens is 240 g/mol. The second-order valence-electron chi connectivity index (χ2n) is 4.76. The monoisotopic (exact) mass is 260 g/mol.